The molecule has 0 spiro atoms. The second-order valence-corrected chi connectivity index (χ2v) is 8.46. The van der Waals surface area contributed by atoms with Crippen LogP contribution in [0.3, 0.4) is 0 Å². The molecule has 2 aromatic carbocycles. The molecule has 1 unspecified atom stereocenters. The zero-order valence-electron chi connectivity index (χ0n) is 15.9. The van der Waals surface area contributed by atoms with Crippen molar-refractivity contribution in [2.24, 2.45) is 0 Å². The topological polar surface area (TPSA) is 56.8 Å². The van der Waals surface area contributed by atoms with E-state index in [4.69, 9.17) is 14.0 Å². The monoisotopic (exact) mass is 377 g/mol. The summed E-state index contributed by atoms with van der Waals surface area (Å²) in [6, 6.07) is 17.2. The first kappa shape index (κ1) is 20.7. The summed E-state index contributed by atoms with van der Waals surface area (Å²) < 4.78 is 31.0. The van der Waals surface area contributed by atoms with Crippen molar-refractivity contribution < 1.29 is 18.6 Å². The van der Waals surface area contributed by atoms with Crippen LogP contribution >= 0.6 is 7.37 Å². The molecule has 26 heavy (non-hydrogen) atoms. The highest BCUT2D eigenvalue weighted by atomic mass is 31.2. The molecule has 0 saturated carbocycles. The first-order chi connectivity index (χ1) is 12.5. The van der Waals surface area contributed by atoms with E-state index in [0.717, 1.165) is 11.4 Å². The predicted molar refractivity (Wildman–Crippen MR) is 107 cm³/mol. The van der Waals surface area contributed by atoms with Crippen LogP contribution in [-0.2, 0) is 18.6 Å². The Bertz CT molecular complexity index is 712. The number of hydrogen-bond acceptors (Lipinski definition) is 5. The Labute approximate surface area is 156 Å². The van der Waals surface area contributed by atoms with Gasteiger partial charge in [-0.2, -0.15) is 0 Å². The summed E-state index contributed by atoms with van der Waals surface area (Å²) in [5.41, 5.74) is 0.570. The van der Waals surface area contributed by atoms with Crippen LogP contribution in [0.25, 0.3) is 0 Å². The minimum Gasteiger partial charge on any atom is -0.356 e. The van der Waals surface area contributed by atoms with Gasteiger partial charge in [0.15, 0.2) is 0 Å². The number of nitrogens with one attached hydrogen (secondary N) is 1. The molecule has 0 saturated heterocycles. The van der Waals surface area contributed by atoms with Crippen LogP contribution in [-0.4, -0.2) is 25.3 Å². The van der Waals surface area contributed by atoms with E-state index in [-0.39, 0.29) is 0 Å². The lowest BCUT2D eigenvalue weighted by atomic mass is 10.3. The zero-order chi connectivity index (χ0) is 19.0. The number of hydrogen-bond donors (Lipinski definition) is 1. The Morgan fingerprint density at radius 2 is 1.38 bits per heavy atom. The minimum atomic E-state index is -3.40. The van der Waals surface area contributed by atoms with Crippen molar-refractivity contribution in [1.29, 1.82) is 0 Å². The van der Waals surface area contributed by atoms with Gasteiger partial charge in [-0.05, 0) is 57.2 Å². The molecule has 0 aromatic heterocycles. The molecule has 6 heteroatoms. The number of rotatable bonds is 10. The maximum atomic E-state index is 13.8. The fraction of sp³-hybridized carbons (Fsp3) is 0.400. The van der Waals surface area contributed by atoms with Gasteiger partial charge >= 0.3 is 0 Å². The molecule has 0 aliphatic rings. The minimum absolute atomic E-state index is 0.303. The van der Waals surface area contributed by atoms with Gasteiger partial charge < -0.3 is 19.3 Å². The van der Waals surface area contributed by atoms with E-state index in [1.165, 1.54) is 0 Å². The van der Waals surface area contributed by atoms with Gasteiger partial charge in [-0.25, -0.2) is 0 Å². The van der Waals surface area contributed by atoms with Crippen molar-refractivity contribution in [1.82, 2.24) is 0 Å². The number of ether oxygens (including phenoxy) is 2. The third kappa shape index (κ3) is 4.54. The van der Waals surface area contributed by atoms with Crippen LogP contribution in [0.15, 0.2) is 54.6 Å². The van der Waals surface area contributed by atoms with Gasteiger partial charge in [0.2, 0.25) is 5.53 Å². The molecule has 5 nitrogen and oxygen atoms in total. The standard InChI is InChI=1S/C20H28NO4P/c1-5-23-20(4,24-6-2)26(22,25-7-3)19-15-13-18(14-16-19)21-17-11-9-8-10-12-17/h8-16,21H,5-7H2,1-4H3. The van der Waals surface area contributed by atoms with Crippen molar-refractivity contribution in [3.8, 4) is 0 Å². The lowest BCUT2D eigenvalue weighted by Gasteiger charge is -2.36. The number of anilines is 2. The van der Waals surface area contributed by atoms with Gasteiger partial charge in [0.25, 0.3) is 7.37 Å². The highest BCUT2D eigenvalue weighted by Gasteiger charge is 2.49. The molecular formula is C20H28NO4P. The lowest BCUT2D eigenvalue weighted by Crippen LogP contribution is -2.37. The fourth-order valence-corrected chi connectivity index (χ4v) is 5.14. The second kappa shape index (κ2) is 9.33. The quantitative estimate of drug-likeness (QED) is 0.460. The van der Waals surface area contributed by atoms with Crippen molar-refractivity contribution in [3.05, 3.63) is 54.6 Å². The number of benzene rings is 2. The van der Waals surface area contributed by atoms with Crippen molar-refractivity contribution >= 4 is 24.0 Å². The molecule has 2 rings (SSSR count). The smallest absolute Gasteiger partial charge is 0.289 e. The Morgan fingerprint density at radius 1 is 0.846 bits per heavy atom. The first-order valence-electron chi connectivity index (χ1n) is 8.94. The fourth-order valence-electron chi connectivity index (χ4n) is 2.78. The SMILES string of the molecule is CCOC(C)(OCC)P(=O)(OCC)c1ccc(Nc2ccccc2)cc1. The van der Waals surface area contributed by atoms with Gasteiger partial charge in [0, 0.05) is 36.8 Å². The van der Waals surface area contributed by atoms with E-state index in [1.807, 2.05) is 63.2 Å². The van der Waals surface area contributed by atoms with Crippen LogP contribution in [0.5, 0.6) is 0 Å². The number of para-hydroxylation sites is 1. The third-order valence-corrected chi connectivity index (χ3v) is 6.87. The lowest BCUT2D eigenvalue weighted by molar-refractivity contribution is -0.166. The summed E-state index contributed by atoms with van der Waals surface area (Å²) in [6.45, 7) is 8.25. The molecule has 1 N–H and O–H groups in total. The summed E-state index contributed by atoms with van der Waals surface area (Å²) in [6.07, 6.45) is 0. The molecule has 0 fully saturated rings. The third-order valence-electron chi connectivity index (χ3n) is 3.94. The average Bonchev–Trinajstić information content (AvgIpc) is 2.63. The molecule has 0 heterocycles. The van der Waals surface area contributed by atoms with Gasteiger partial charge in [-0.15, -0.1) is 0 Å². The molecule has 0 aliphatic heterocycles. The Hall–Kier alpha value is -1.65. The van der Waals surface area contributed by atoms with E-state index in [0.29, 0.717) is 25.1 Å². The molecular weight excluding hydrogens is 349 g/mol. The Morgan fingerprint density at radius 3 is 1.88 bits per heavy atom. The van der Waals surface area contributed by atoms with Crippen LogP contribution in [0.1, 0.15) is 27.7 Å². The molecule has 1 atom stereocenters. The molecule has 0 bridgehead atoms. The molecule has 0 aliphatic carbocycles. The average molecular weight is 377 g/mol. The maximum absolute atomic E-state index is 13.8. The maximum Gasteiger partial charge on any atom is 0.289 e. The van der Waals surface area contributed by atoms with E-state index < -0.39 is 12.9 Å². The normalized spacial score (nSPS) is 14.0. The zero-order valence-corrected chi connectivity index (χ0v) is 16.8. The predicted octanol–water partition coefficient (Wildman–Crippen LogP) is 5.12. The van der Waals surface area contributed by atoms with Crippen molar-refractivity contribution in [2.45, 2.75) is 33.2 Å². The highest BCUT2D eigenvalue weighted by molar-refractivity contribution is 7.68. The second-order valence-electron chi connectivity index (χ2n) is 5.77. The van der Waals surface area contributed by atoms with Crippen molar-refractivity contribution in [3.63, 3.8) is 0 Å². The van der Waals surface area contributed by atoms with Gasteiger partial charge in [0.05, 0.1) is 6.61 Å². The van der Waals surface area contributed by atoms with Crippen molar-refractivity contribution in [2.75, 3.05) is 25.1 Å². The summed E-state index contributed by atoms with van der Waals surface area (Å²) in [5, 5.41) is 3.88. The van der Waals surface area contributed by atoms with Crippen LogP contribution < -0.4 is 10.6 Å². The molecule has 0 radical (unpaired) electrons. The summed E-state index contributed by atoms with van der Waals surface area (Å²) in [4.78, 5) is 0. The van der Waals surface area contributed by atoms with E-state index >= 15 is 0 Å². The van der Waals surface area contributed by atoms with Crippen LogP contribution in [0.4, 0.5) is 11.4 Å². The largest absolute Gasteiger partial charge is 0.356 e. The Balaban J connectivity index is 2.33. The van der Waals surface area contributed by atoms with Crippen LogP contribution in [0.2, 0.25) is 0 Å². The highest BCUT2D eigenvalue weighted by Crippen LogP contribution is 2.59. The van der Waals surface area contributed by atoms with E-state index in [2.05, 4.69) is 5.32 Å². The van der Waals surface area contributed by atoms with Gasteiger partial charge in [0.1, 0.15) is 0 Å². The molecule has 0 amide bonds. The first-order valence-corrected chi connectivity index (χ1v) is 10.6. The van der Waals surface area contributed by atoms with E-state index in [1.54, 1.807) is 19.1 Å². The van der Waals surface area contributed by atoms with Gasteiger partial charge in [-0.3, -0.25) is 4.57 Å². The summed E-state index contributed by atoms with van der Waals surface area (Å²) in [5.74, 6) is 0. The van der Waals surface area contributed by atoms with E-state index in [9.17, 15) is 4.57 Å². The van der Waals surface area contributed by atoms with Gasteiger partial charge in [-0.1, -0.05) is 18.2 Å². The molecule has 142 valence electrons. The summed E-state index contributed by atoms with van der Waals surface area (Å²) >= 11 is 0. The Kier molecular flexibility index (Phi) is 7.42. The summed E-state index contributed by atoms with van der Waals surface area (Å²) in [7, 11) is -3.40. The van der Waals surface area contributed by atoms with Crippen LogP contribution in [0, 0.1) is 0 Å². The molecule has 2 aromatic rings.